The van der Waals surface area contributed by atoms with Crippen molar-refractivity contribution in [3.63, 3.8) is 0 Å². The van der Waals surface area contributed by atoms with Crippen LogP contribution in [0.25, 0.3) is 11.0 Å². The number of anilines is 1. The monoisotopic (exact) mass is 433 g/mol. The van der Waals surface area contributed by atoms with Gasteiger partial charge in [0.05, 0.1) is 17.6 Å². The molecule has 4 rings (SSSR count). The van der Waals surface area contributed by atoms with Gasteiger partial charge >= 0.3 is 0 Å². The number of rotatable bonds is 10. The molecule has 166 valence electrons. The van der Waals surface area contributed by atoms with Crippen molar-refractivity contribution in [3.8, 4) is 0 Å². The third-order valence-corrected chi connectivity index (χ3v) is 5.52. The zero-order valence-electron chi connectivity index (χ0n) is 17.8. The summed E-state index contributed by atoms with van der Waals surface area (Å²) in [5.41, 5.74) is 8.16. The van der Waals surface area contributed by atoms with E-state index in [0.717, 1.165) is 23.4 Å². The second kappa shape index (κ2) is 9.64. The summed E-state index contributed by atoms with van der Waals surface area (Å²) in [6.45, 7) is 0.290. The highest BCUT2D eigenvalue weighted by Crippen LogP contribution is 2.34. The summed E-state index contributed by atoms with van der Waals surface area (Å²) in [5.74, 6) is 0.710. The number of fused-ring (bicyclic) bond motifs is 1. The van der Waals surface area contributed by atoms with Crippen LogP contribution in [0.15, 0.2) is 53.5 Å². The average molecular weight is 434 g/mol. The van der Waals surface area contributed by atoms with Crippen LogP contribution in [0.1, 0.15) is 43.5 Å². The summed E-state index contributed by atoms with van der Waals surface area (Å²) in [6, 6.07) is 9.48. The number of benzene rings is 1. The number of amides is 2. The molecule has 0 aliphatic heterocycles. The second-order valence-corrected chi connectivity index (χ2v) is 8.24. The minimum atomic E-state index is -0.511. The molecule has 0 radical (unpaired) electrons. The van der Waals surface area contributed by atoms with Gasteiger partial charge < -0.3 is 20.6 Å². The SMILES string of the molecule is NC(=O)/C=C/CCCC(=O)Nc1cccn(Cc2nc3c(CC4CC4)cccc3[nH]2)c1=O. The molecule has 0 atom stereocenters. The summed E-state index contributed by atoms with van der Waals surface area (Å²) in [6.07, 6.45) is 9.56. The highest BCUT2D eigenvalue weighted by Gasteiger charge is 2.23. The molecule has 1 aliphatic rings. The van der Waals surface area contributed by atoms with Gasteiger partial charge in [0, 0.05) is 12.6 Å². The molecule has 3 aromatic rings. The van der Waals surface area contributed by atoms with Gasteiger partial charge in [0.2, 0.25) is 11.8 Å². The number of unbranched alkanes of at least 4 members (excludes halogenated alkanes) is 1. The van der Waals surface area contributed by atoms with Crippen LogP contribution in [-0.2, 0) is 22.6 Å². The van der Waals surface area contributed by atoms with Crippen molar-refractivity contribution in [1.29, 1.82) is 0 Å². The second-order valence-electron chi connectivity index (χ2n) is 8.24. The Hall–Kier alpha value is -3.68. The summed E-state index contributed by atoms with van der Waals surface area (Å²) < 4.78 is 1.53. The summed E-state index contributed by atoms with van der Waals surface area (Å²) >= 11 is 0. The van der Waals surface area contributed by atoms with Crippen molar-refractivity contribution in [2.75, 3.05) is 5.32 Å². The van der Waals surface area contributed by atoms with Crippen LogP contribution in [-0.4, -0.2) is 26.3 Å². The third-order valence-electron chi connectivity index (χ3n) is 5.52. The predicted molar refractivity (Wildman–Crippen MR) is 123 cm³/mol. The number of hydrogen-bond donors (Lipinski definition) is 3. The predicted octanol–water partition coefficient (Wildman–Crippen LogP) is 2.88. The lowest BCUT2D eigenvalue weighted by molar-refractivity contribution is -0.116. The Morgan fingerprint density at radius 1 is 1.25 bits per heavy atom. The fraction of sp³-hybridized carbons (Fsp3) is 0.333. The molecule has 0 spiro atoms. The number of aromatic amines is 1. The topological polar surface area (TPSA) is 123 Å². The van der Waals surface area contributed by atoms with Crippen molar-refractivity contribution in [2.24, 2.45) is 11.7 Å². The van der Waals surface area contributed by atoms with Gasteiger partial charge in [-0.3, -0.25) is 14.4 Å². The molecule has 1 saturated carbocycles. The first-order chi connectivity index (χ1) is 15.5. The van der Waals surface area contributed by atoms with Gasteiger partial charge in [0.1, 0.15) is 11.5 Å². The average Bonchev–Trinajstić information content (AvgIpc) is 3.47. The lowest BCUT2D eigenvalue weighted by Gasteiger charge is -2.08. The van der Waals surface area contributed by atoms with Crippen molar-refractivity contribution < 1.29 is 9.59 Å². The number of nitrogens with zero attached hydrogens (tertiary/aromatic N) is 2. The number of imidazole rings is 1. The quantitative estimate of drug-likeness (QED) is 0.336. The Bertz CT molecular complexity index is 1220. The third kappa shape index (κ3) is 5.51. The minimum absolute atomic E-state index is 0.232. The number of carbonyl (C=O) groups is 2. The highest BCUT2D eigenvalue weighted by molar-refractivity contribution is 5.90. The molecular weight excluding hydrogens is 406 g/mol. The summed E-state index contributed by atoms with van der Waals surface area (Å²) in [7, 11) is 0. The standard InChI is InChI=1S/C24H27N5O3/c25-20(30)9-2-1-3-10-22(31)27-19-8-5-13-29(24(19)32)15-21-26-18-7-4-6-17(23(18)28-21)14-16-11-12-16/h2,4-9,13,16H,1,3,10-12,14-15H2,(H2,25,30)(H,26,28)(H,27,31)/b9-2+. The van der Waals surface area contributed by atoms with Crippen molar-refractivity contribution in [1.82, 2.24) is 14.5 Å². The summed E-state index contributed by atoms with van der Waals surface area (Å²) in [5, 5.41) is 2.68. The van der Waals surface area contributed by atoms with Gasteiger partial charge in [-0.25, -0.2) is 4.98 Å². The van der Waals surface area contributed by atoms with Gasteiger partial charge in [-0.1, -0.05) is 18.2 Å². The van der Waals surface area contributed by atoms with Crippen LogP contribution < -0.4 is 16.6 Å². The normalized spacial score (nSPS) is 13.6. The largest absolute Gasteiger partial charge is 0.366 e. The number of allylic oxidation sites excluding steroid dienone is 1. The molecule has 0 saturated heterocycles. The van der Waals surface area contributed by atoms with Crippen LogP contribution in [0.2, 0.25) is 0 Å². The number of aromatic nitrogens is 3. The molecule has 8 heteroatoms. The lowest BCUT2D eigenvalue weighted by atomic mass is 10.1. The maximum atomic E-state index is 12.8. The molecule has 0 bridgehead atoms. The van der Waals surface area contributed by atoms with Gasteiger partial charge in [0.15, 0.2) is 0 Å². The molecule has 2 heterocycles. The molecule has 4 N–H and O–H groups in total. The molecular formula is C24H27N5O3. The Kier molecular flexibility index (Phi) is 6.49. The number of nitrogens with two attached hydrogens (primary N) is 1. The Labute approximate surface area is 185 Å². The Morgan fingerprint density at radius 2 is 2.09 bits per heavy atom. The number of pyridine rings is 1. The van der Waals surface area contributed by atoms with Gasteiger partial charge in [-0.05, 0) is 67.9 Å². The zero-order valence-corrected chi connectivity index (χ0v) is 17.8. The van der Waals surface area contributed by atoms with Crippen LogP contribution in [0.5, 0.6) is 0 Å². The molecule has 1 aromatic carbocycles. The lowest BCUT2D eigenvalue weighted by Crippen LogP contribution is -2.26. The minimum Gasteiger partial charge on any atom is -0.366 e. The zero-order chi connectivity index (χ0) is 22.5. The number of carbonyl (C=O) groups excluding carboxylic acids is 2. The number of H-pyrrole nitrogens is 1. The van der Waals surface area contributed by atoms with Gasteiger partial charge in [-0.2, -0.15) is 0 Å². The molecule has 0 unspecified atom stereocenters. The highest BCUT2D eigenvalue weighted by atomic mass is 16.2. The van der Waals surface area contributed by atoms with E-state index in [1.54, 1.807) is 24.4 Å². The molecule has 2 amide bonds. The van der Waals surface area contributed by atoms with Crippen molar-refractivity contribution >= 4 is 28.5 Å². The molecule has 1 aliphatic carbocycles. The van der Waals surface area contributed by atoms with E-state index in [0.29, 0.717) is 18.7 Å². The summed E-state index contributed by atoms with van der Waals surface area (Å²) in [4.78, 5) is 43.8. The number of para-hydroxylation sites is 1. The molecule has 1 fully saturated rings. The van der Waals surface area contributed by atoms with E-state index in [2.05, 4.69) is 16.4 Å². The van der Waals surface area contributed by atoms with Crippen LogP contribution in [0, 0.1) is 5.92 Å². The number of primary amides is 1. The van der Waals surface area contributed by atoms with E-state index in [1.807, 2.05) is 12.1 Å². The van der Waals surface area contributed by atoms with E-state index in [4.69, 9.17) is 10.7 Å². The Balaban J connectivity index is 1.42. The molecule has 32 heavy (non-hydrogen) atoms. The van der Waals surface area contributed by atoms with Crippen LogP contribution in [0.3, 0.4) is 0 Å². The fourth-order valence-electron chi connectivity index (χ4n) is 3.73. The molecule has 8 nitrogen and oxygen atoms in total. The van der Waals surface area contributed by atoms with E-state index in [9.17, 15) is 14.4 Å². The van der Waals surface area contributed by atoms with Crippen molar-refractivity contribution in [3.05, 3.63) is 70.4 Å². The van der Waals surface area contributed by atoms with Gasteiger partial charge in [-0.15, -0.1) is 0 Å². The maximum absolute atomic E-state index is 12.8. The maximum Gasteiger partial charge on any atom is 0.274 e. The van der Waals surface area contributed by atoms with E-state index < -0.39 is 5.91 Å². The van der Waals surface area contributed by atoms with E-state index in [1.165, 1.54) is 29.0 Å². The van der Waals surface area contributed by atoms with Gasteiger partial charge in [0.25, 0.3) is 5.56 Å². The first-order valence-electron chi connectivity index (χ1n) is 10.9. The van der Waals surface area contributed by atoms with E-state index >= 15 is 0 Å². The number of nitrogens with one attached hydrogen (secondary N) is 2. The fourth-order valence-corrected chi connectivity index (χ4v) is 3.73. The van der Waals surface area contributed by atoms with Crippen LogP contribution in [0.4, 0.5) is 5.69 Å². The smallest absolute Gasteiger partial charge is 0.274 e. The van der Waals surface area contributed by atoms with Crippen molar-refractivity contribution in [2.45, 2.75) is 45.1 Å². The number of hydrogen-bond acceptors (Lipinski definition) is 4. The molecule has 2 aromatic heterocycles. The van der Waals surface area contributed by atoms with E-state index in [-0.39, 0.29) is 30.1 Å². The first-order valence-corrected chi connectivity index (χ1v) is 10.9. The van der Waals surface area contributed by atoms with Crippen LogP contribution >= 0.6 is 0 Å². The first kappa shape index (κ1) is 21.5. The Morgan fingerprint density at radius 3 is 2.88 bits per heavy atom.